The SMILES string of the molecule is Cc1ccc(-n2nc(C(=O)NCC3(C(=O)O)CC3)cc2C)cc1. The zero-order valence-electron chi connectivity index (χ0n) is 13.2. The number of benzene rings is 1. The second-order valence-corrected chi connectivity index (χ2v) is 6.19. The number of aliphatic carboxylic acids is 1. The van der Waals surface area contributed by atoms with Gasteiger partial charge in [-0.25, -0.2) is 4.68 Å². The molecule has 1 amide bonds. The minimum absolute atomic E-state index is 0.150. The molecule has 0 atom stereocenters. The molecule has 1 aromatic carbocycles. The monoisotopic (exact) mass is 313 g/mol. The fraction of sp³-hybridized carbons (Fsp3) is 0.353. The summed E-state index contributed by atoms with van der Waals surface area (Å²) in [6.45, 7) is 4.04. The van der Waals surface area contributed by atoms with Crippen LogP contribution in [0.5, 0.6) is 0 Å². The highest BCUT2D eigenvalue weighted by Gasteiger charge is 2.50. The molecule has 2 aromatic rings. The number of nitrogens with zero attached hydrogens (tertiary/aromatic N) is 2. The third kappa shape index (κ3) is 2.97. The number of carbonyl (C=O) groups excluding carboxylic acids is 1. The fourth-order valence-electron chi connectivity index (χ4n) is 2.49. The predicted octanol–water partition coefficient (Wildman–Crippen LogP) is 2.08. The van der Waals surface area contributed by atoms with Gasteiger partial charge >= 0.3 is 5.97 Å². The summed E-state index contributed by atoms with van der Waals surface area (Å²) in [7, 11) is 0. The van der Waals surface area contributed by atoms with Gasteiger partial charge in [0.15, 0.2) is 5.69 Å². The van der Waals surface area contributed by atoms with Crippen molar-refractivity contribution in [2.75, 3.05) is 6.54 Å². The molecule has 6 heteroatoms. The number of carboxylic acid groups (broad SMARTS) is 1. The topological polar surface area (TPSA) is 84.2 Å². The van der Waals surface area contributed by atoms with E-state index in [1.165, 1.54) is 0 Å². The molecule has 1 aliphatic carbocycles. The van der Waals surface area contributed by atoms with E-state index in [1.54, 1.807) is 10.7 Å². The van der Waals surface area contributed by atoms with Gasteiger partial charge in [-0.2, -0.15) is 5.10 Å². The summed E-state index contributed by atoms with van der Waals surface area (Å²) in [6.07, 6.45) is 1.22. The Kier molecular flexibility index (Phi) is 3.67. The van der Waals surface area contributed by atoms with E-state index < -0.39 is 11.4 Å². The molecule has 0 aliphatic heterocycles. The molecule has 2 N–H and O–H groups in total. The second-order valence-electron chi connectivity index (χ2n) is 6.19. The van der Waals surface area contributed by atoms with Crippen molar-refractivity contribution in [1.29, 1.82) is 0 Å². The van der Waals surface area contributed by atoms with E-state index in [9.17, 15) is 9.59 Å². The van der Waals surface area contributed by atoms with Crippen LogP contribution in [0.1, 0.15) is 34.6 Å². The highest BCUT2D eigenvalue weighted by Crippen LogP contribution is 2.45. The van der Waals surface area contributed by atoms with Crippen molar-refractivity contribution in [3.05, 3.63) is 47.3 Å². The number of aryl methyl sites for hydroxylation is 2. The van der Waals surface area contributed by atoms with Crippen molar-refractivity contribution in [3.63, 3.8) is 0 Å². The lowest BCUT2D eigenvalue weighted by Gasteiger charge is -2.09. The van der Waals surface area contributed by atoms with Gasteiger partial charge in [-0.1, -0.05) is 17.7 Å². The zero-order valence-corrected chi connectivity index (χ0v) is 13.2. The molecule has 6 nitrogen and oxygen atoms in total. The van der Waals surface area contributed by atoms with Crippen molar-refractivity contribution < 1.29 is 14.7 Å². The van der Waals surface area contributed by atoms with Crippen molar-refractivity contribution in [2.45, 2.75) is 26.7 Å². The largest absolute Gasteiger partial charge is 0.481 e. The Morgan fingerprint density at radius 1 is 1.26 bits per heavy atom. The van der Waals surface area contributed by atoms with Crippen molar-refractivity contribution >= 4 is 11.9 Å². The molecule has 120 valence electrons. The van der Waals surface area contributed by atoms with E-state index in [0.717, 1.165) is 16.9 Å². The minimum atomic E-state index is -0.848. The number of aromatic nitrogens is 2. The van der Waals surface area contributed by atoms with Gasteiger partial charge in [-0.15, -0.1) is 0 Å². The molecule has 1 aliphatic rings. The van der Waals surface area contributed by atoms with Crippen LogP contribution < -0.4 is 5.32 Å². The molecule has 3 rings (SSSR count). The van der Waals surface area contributed by atoms with E-state index in [4.69, 9.17) is 5.11 Å². The molecule has 0 spiro atoms. The van der Waals surface area contributed by atoms with Crippen molar-refractivity contribution in [2.24, 2.45) is 5.41 Å². The van der Waals surface area contributed by atoms with Crippen molar-refractivity contribution in [1.82, 2.24) is 15.1 Å². The maximum atomic E-state index is 12.2. The molecule has 1 fully saturated rings. The molecule has 23 heavy (non-hydrogen) atoms. The first kappa shape index (κ1) is 15.3. The highest BCUT2D eigenvalue weighted by molar-refractivity contribution is 5.93. The zero-order chi connectivity index (χ0) is 16.6. The van der Waals surface area contributed by atoms with Gasteiger partial charge in [0.05, 0.1) is 11.1 Å². The van der Waals surface area contributed by atoms with Crippen molar-refractivity contribution in [3.8, 4) is 5.69 Å². The standard InChI is InChI=1S/C17H19N3O3/c1-11-3-5-13(6-4-11)20-12(2)9-14(19-20)15(21)18-10-17(7-8-17)16(22)23/h3-6,9H,7-8,10H2,1-2H3,(H,18,21)(H,22,23). The van der Waals surface area contributed by atoms with Gasteiger partial charge in [0, 0.05) is 12.2 Å². The minimum Gasteiger partial charge on any atom is -0.481 e. The van der Waals surface area contributed by atoms with Crippen LogP contribution in [0.3, 0.4) is 0 Å². The Morgan fingerprint density at radius 3 is 2.48 bits per heavy atom. The van der Waals surface area contributed by atoms with Crippen LogP contribution >= 0.6 is 0 Å². The molecule has 0 unspecified atom stereocenters. The third-order valence-electron chi connectivity index (χ3n) is 4.29. The van der Waals surface area contributed by atoms with E-state index in [0.29, 0.717) is 18.5 Å². The second kappa shape index (κ2) is 5.53. The number of nitrogens with one attached hydrogen (secondary N) is 1. The molecular weight excluding hydrogens is 294 g/mol. The van der Waals surface area contributed by atoms with E-state index in [1.807, 2.05) is 38.1 Å². The lowest BCUT2D eigenvalue weighted by atomic mass is 10.1. The Labute approximate surface area is 134 Å². The van der Waals surface area contributed by atoms with E-state index in [-0.39, 0.29) is 12.5 Å². The quantitative estimate of drug-likeness (QED) is 0.885. The number of hydrogen-bond acceptors (Lipinski definition) is 3. The van der Waals surface area contributed by atoms with Crippen LogP contribution in [0.2, 0.25) is 0 Å². The van der Waals surface area contributed by atoms with Crippen LogP contribution in [0.15, 0.2) is 30.3 Å². The number of hydrogen-bond donors (Lipinski definition) is 2. The van der Waals surface area contributed by atoms with Gasteiger partial charge in [-0.3, -0.25) is 9.59 Å². The fourth-order valence-corrected chi connectivity index (χ4v) is 2.49. The van der Waals surface area contributed by atoms with Gasteiger partial charge < -0.3 is 10.4 Å². The maximum Gasteiger partial charge on any atom is 0.311 e. The Bertz CT molecular complexity index is 758. The Hall–Kier alpha value is -2.63. The van der Waals surface area contributed by atoms with Crippen LogP contribution in [0.4, 0.5) is 0 Å². The summed E-state index contributed by atoms with van der Waals surface area (Å²) in [5, 5.41) is 16.2. The van der Waals surface area contributed by atoms with Gasteiger partial charge in [-0.05, 0) is 44.9 Å². The molecular formula is C17H19N3O3. The maximum absolute atomic E-state index is 12.2. The van der Waals surface area contributed by atoms with Gasteiger partial charge in [0.1, 0.15) is 0 Å². The summed E-state index contributed by atoms with van der Waals surface area (Å²) in [4.78, 5) is 23.3. The van der Waals surface area contributed by atoms with E-state index in [2.05, 4.69) is 10.4 Å². The molecule has 0 bridgehead atoms. The van der Waals surface area contributed by atoms with Crippen LogP contribution in [-0.4, -0.2) is 33.3 Å². The average molecular weight is 313 g/mol. The summed E-state index contributed by atoms with van der Waals surface area (Å²) in [6, 6.07) is 9.57. The first-order valence-corrected chi connectivity index (χ1v) is 7.57. The molecule has 1 saturated carbocycles. The summed E-state index contributed by atoms with van der Waals surface area (Å²) in [5.74, 6) is -1.19. The molecule has 0 saturated heterocycles. The number of carboxylic acids is 1. The van der Waals surface area contributed by atoms with Gasteiger partial charge in [0.25, 0.3) is 5.91 Å². The normalized spacial score (nSPS) is 15.2. The molecule has 1 heterocycles. The first-order valence-electron chi connectivity index (χ1n) is 7.57. The summed E-state index contributed by atoms with van der Waals surface area (Å²) in [5.41, 5.74) is 2.41. The Morgan fingerprint density at radius 2 is 1.91 bits per heavy atom. The third-order valence-corrected chi connectivity index (χ3v) is 4.29. The average Bonchev–Trinajstić information content (AvgIpc) is 3.22. The summed E-state index contributed by atoms with van der Waals surface area (Å²) < 4.78 is 1.71. The number of amides is 1. The van der Waals surface area contributed by atoms with Crippen LogP contribution in [0, 0.1) is 19.3 Å². The van der Waals surface area contributed by atoms with Gasteiger partial charge in [0.2, 0.25) is 0 Å². The summed E-state index contributed by atoms with van der Waals surface area (Å²) >= 11 is 0. The molecule has 1 aromatic heterocycles. The lowest BCUT2D eigenvalue weighted by Crippen LogP contribution is -2.34. The predicted molar refractivity (Wildman–Crippen MR) is 84.7 cm³/mol. The van der Waals surface area contributed by atoms with Crippen LogP contribution in [-0.2, 0) is 4.79 Å². The first-order chi connectivity index (χ1) is 10.9. The Balaban J connectivity index is 1.74. The van der Waals surface area contributed by atoms with Crippen LogP contribution in [0.25, 0.3) is 5.69 Å². The lowest BCUT2D eigenvalue weighted by molar-refractivity contribution is -0.143. The highest BCUT2D eigenvalue weighted by atomic mass is 16.4. The number of carbonyl (C=O) groups is 2. The molecule has 0 radical (unpaired) electrons. The number of rotatable bonds is 5. The smallest absolute Gasteiger partial charge is 0.311 e. The van der Waals surface area contributed by atoms with E-state index >= 15 is 0 Å².